The van der Waals surface area contributed by atoms with Gasteiger partial charge in [-0.15, -0.1) is 0 Å². The third kappa shape index (κ3) is 2.17. The summed E-state index contributed by atoms with van der Waals surface area (Å²) in [6, 6.07) is 9.48. The summed E-state index contributed by atoms with van der Waals surface area (Å²) in [6.07, 6.45) is 2.74. The van der Waals surface area contributed by atoms with E-state index >= 15 is 0 Å². The summed E-state index contributed by atoms with van der Waals surface area (Å²) in [4.78, 5) is 4.39. The molecule has 0 aliphatic carbocycles. The van der Waals surface area contributed by atoms with E-state index in [-0.39, 0.29) is 0 Å². The van der Waals surface area contributed by atoms with Gasteiger partial charge in [0, 0.05) is 22.5 Å². The van der Waals surface area contributed by atoms with Gasteiger partial charge < -0.3 is 5.73 Å². The fourth-order valence-electron chi connectivity index (χ4n) is 1.57. The van der Waals surface area contributed by atoms with Crippen molar-refractivity contribution in [3.8, 4) is 11.3 Å². The Bertz CT molecular complexity index is 492. The predicted molar refractivity (Wildman–Crippen MR) is 68.5 cm³/mol. The smallest absolute Gasteiger partial charge is 0.0722 e. The van der Waals surface area contributed by atoms with Gasteiger partial charge in [-0.05, 0) is 30.2 Å². The molecule has 2 aromatic rings. The zero-order valence-electron chi connectivity index (χ0n) is 9.07. The number of hydrogen-bond donors (Lipinski definition) is 1. The molecule has 0 aliphatic rings. The summed E-state index contributed by atoms with van der Waals surface area (Å²) < 4.78 is 0. The van der Waals surface area contributed by atoms with E-state index in [9.17, 15) is 0 Å². The normalized spacial score (nSPS) is 10.4. The first kappa shape index (κ1) is 11.0. The van der Waals surface area contributed by atoms with Crippen LogP contribution >= 0.6 is 11.6 Å². The molecule has 82 valence electrons. The first-order chi connectivity index (χ1) is 7.70. The molecule has 1 heterocycles. The molecule has 0 atom stereocenters. The number of nitrogen functional groups attached to an aromatic ring is 1. The number of rotatable bonds is 2. The Kier molecular flexibility index (Phi) is 3.11. The van der Waals surface area contributed by atoms with Gasteiger partial charge in [-0.2, -0.15) is 0 Å². The molecule has 3 heteroatoms. The largest absolute Gasteiger partial charge is 0.398 e. The topological polar surface area (TPSA) is 38.9 Å². The van der Waals surface area contributed by atoms with E-state index in [2.05, 4.69) is 11.9 Å². The number of halogens is 1. The maximum atomic E-state index is 5.93. The summed E-state index contributed by atoms with van der Waals surface area (Å²) >= 11 is 5.83. The van der Waals surface area contributed by atoms with Crippen LogP contribution in [-0.2, 0) is 6.42 Å². The molecule has 0 saturated carbocycles. The molecule has 0 unspecified atom stereocenters. The van der Waals surface area contributed by atoms with Crippen LogP contribution in [0, 0.1) is 0 Å². The van der Waals surface area contributed by atoms with E-state index in [4.69, 9.17) is 17.3 Å². The Morgan fingerprint density at radius 1 is 1.25 bits per heavy atom. The van der Waals surface area contributed by atoms with Crippen LogP contribution in [0.3, 0.4) is 0 Å². The molecule has 0 bridgehead atoms. The van der Waals surface area contributed by atoms with Gasteiger partial charge in [-0.25, -0.2) is 0 Å². The number of anilines is 1. The van der Waals surface area contributed by atoms with Crippen molar-refractivity contribution in [2.24, 2.45) is 0 Å². The van der Waals surface area contributed by atoms with Crippen LogP contribution in [0.15, 0.2) is 36.5 Å². The summed E-state index contributed by atoms with van der Waals surface area (Å²) in [6.45, 7) is 2.06. The van der Waals surface area contributed by atoms with Gasteiger partial charge in [0.2, 0.25) is 0 Å². The number of nitrogens with zero attached hydrogens (tertiary/aromatic N) is 1. The molecule has 0 spiro atoms. The summed E-state index contributed by atoms with van der Waals surface area (Å²) in [5.41, 5.74) is 9.72. The average Bonchev–Trinajstić information content (AvgIpc) is 2.30. The van der Waals surface area contributed by atoms with Crippen molar-refractivity contribution in [3.05, 3.63) is 47.1 Å². The number of nitrogens with two attached hydrogens (primary N) is 1. The number of pyridine rings is 1. The molecule has 0 radical (unpaired) electrons. The van der Waals surface area contributed by atoms with Crippen LogP contribution in [0.5, 0.6) is 0 Å². The molecule has 2 N–H and O–H groups in total. The van der Waals surface area contributed by atoms with Gasteiger partial charge in [0.25, 0.3) is 0 Å². The molecular formula is C13H13ClN2. The lowest BCUT2D eigenvalue weighted by molar-refractivity contribution is 1.11. The molecule has 2 rings (SSSR count). The second-order valence-corrected chi connectivity index (χ2v) is 4.07. The van der Waals surface area contributed by atoms with Crippen molar-refractivity contribution < 1.29 is 0 Å². The van der Waals surface area contributed by atoms with Gasteiger partial charge in [-0.1, -0.05) is 30.7 Å². The van der Waals surface area contributed by atoms with Crippen LogP contribution in [-0.4, -0.2) is 4.98 Å². The zero-order chi connectivity index (χ0) is 11.5. The lowest BCUT2D eigenvalue weighted by atomic mass is 10.1. The maximum Gasteiger partial charge on any atom is 0.0722 e. The van der Waals surface area contributed by atoms with Gasteiger partial charge >= 0.3 is 0 Å². The molecule has 16 heavy (non-hydrogen) atoms. The Balaban J connectivity index is 2.41. The number of aryl methyl sites for hydroxylation is 1. The monoisotopic (exact) mass is 232 g/mol. The lowest BCUT2D eigenvalue weighted by Gasteiger charge is -2.06. The fraction of sp³-hybridized carbons (Fsp3) is 0.154. The van der Waals surface area contributed by atoms with Crippen LogP contribution in [0.4, 0.5) is 5.69 Å². The Labute approximate surface area is 100 Å². The van der Waals surface area contributed by atoms with Crippen molar-refractivity contribution in [3.63, 3.8) is 0 Å². The number of aromatic nitrogens is 1. The minimum Gasteiger partial charge on any atom is -0.398 e. The van der Waals surface area contributed by atoms with Crippen molar-refractivity contribution >= 4 is 17.3 Å². The second kappa shape index (κ2) is 4.54. The lowest BCUT2D eigenvalue weighted by Crippen LogP contribution is -1.95. The standard InChI is InChI=1S/C13H13ClN2/c1-2-9-8-16-13(7-12(9)15)10-3-5-11(14)6-4-10/h3-8H,2H2,1H3,(H2,15,16). The molecule has 0 aliphatic heterocycles. The van der Waals surface area contributed by atoms with Crippen molar-refractivity contribution in [1.82, 2.24) is 4.98 Å². The predicted octanol–water partition coefficient (Wildman–Crippen LogP) is 3.55. The molecule has 2 nitrogen and oxygen atoms in total. The van der Waals surface area contributed by atoms with Crippen LogP contribution in [0.25, 0.3) is 11.3 Å². The summed E-state index contributed by atoms with van der Waals surface area (Å²) in [5, 5.41) is 0.724. The molecule has 0 amide bonds. The SMILES string of the molecule is CCc1cnc(-c2ccc(Cl)cc2)cc1N. The van der Waals surface area contributed by atoms with Crippen molar-refractivity contribution in [2.45, 2.75) is 13.3 Å². The molecular weight excluding hydrogens is 220 g/mol. The highest BCUT2D eigenvalue weighted by Crippen LogP contribution is 2.23. The van der Waals surface area contributed by atoms with Crippen LogP contribution in [0.2, 0.25) is 5.02 Å². The van der Waals surface area contributed by atoms with E-state index in [1.165, 1.54) is 0 Å². The van der Waals surface area contributed by atoms with E-state index in [1.807, 2.05) is 36.5 Å². The van der Waals surface area contributed by atoms with Crippen molar-refractivity contribution in [2.75, 3.05) is 5.73 Å². The Hall–Kier alpha value is -1.54. The Morgan fingerprint density at radius 2 is 1.94 bits per heavy atom. The third-order valence-electron chi connectivity index (χ3n) is 2.54. The van der Waals surface area contributed by atoms with Gasteiger partial charge in [-0.3, -0.25) is 4.98 Å². The van der Waals surface area contributed by atoms with Gasteiger partial charge in [0.05, 0.1) is 5.69 Å². The van der Waals surface area contributed by atoms with Gasteiger partial charge in [0.15, 0.2) is 0 Å². The highest BCUT2D eigenvalue weighted by atomic mass is 35.5. The first-order valence-electron chi connectivity index (χ1n) is 5.21. The molecule has 1 aromatic carbocycles. The molecule has 1 aromatic heterocycles. The quantitative estimate of drug-likeness (QED) is 0.860. The van der Waals surface area contributed by atoms with E-state index in [0.29, 0.717) is 0 Å². The van der Waals surface area contributed by atoms with Crippen LogP contribution in [0.1, 0.15) is 12.5 Å². The Morgan fingerprint density at radius 3 is 2.50 bits per heavy atom. The first-order valence-corrected chi connectivity index (χ1v) is 5.59. The summed E-state index contributed by atoms with van der Waals surface area (Å²) in [7, 11) is 0. The third-order valence-corrected chi connectivity index (χ3v) is 2.80. The molecule has 0 saturated heterocycles. The minimum atomic E-state index is 0.724. The zero-order valence-corrected chi connectivity index (χ0v) is 9.83. The minimum absolute atomic E-state index is 0.724. The number of hydrogen-bond acceptors (Lipinski definition) is 2. The molecule has 0 fully saturated rings. The van der Waals surface area contributed by atoms with E-state index in [0.717, 1.165) is 34.0 Å². The van der Waals surface area contributed by atoms with E-state index in [1.54, 1.807) is 0 Å². The summed E-state index contributed by atoms with van der Waals surface area (Å²) in [5.74, 6) is 0. The second-order valence-electron chi connectivity index (χ2n) is 3.63. The van der Waals surface area contributed by atoms with Crippen LogP contribution < -0.4 is 5.73 Å². The van der Waals surface area contributed by atoms with Crippen molar-refractivity contribution in [1.29, 1.82) is 0 Å². The van der Waals surface area contributed by atoms with E-state index < -0.39 is 0 Å². The van der Waals surface area contributed by atoms with Gasteiger partial charge in [0.1, 0.15) is 0 Å². The highest BCUT2D eigenvalue weighted by molar-refractivity contribution is 6.30. The fourth-order valence-corrected chi connectivity index (χ4v) is 1.70. The number of benzene rings is 1. The average molecular weight is 233 g/mol. The highest BCUT2D eigenvalue weighted by Gasteiger charge is 2.02. The maximum absolute atomic E-state index is 5.93.